The molecule has 0 N–H and O–H groups in total. The number of rotatable bonds is 5. The standard InChI is InChI=1S/C18H16ClNOS2/c1-20(11-16-8-9-17(19)23-16)18(21)12-22-15-7-6-13-4-2-3-5-14(13)10-15/h2-10H,11-12H2,1H3. The summed E-state index contributed by atoms with van der Waals surface area (Å²) in [4.78, 5) is 16.2. The summed E-state index contributed by atoms with van der Waals surface area (Å²) in [6.07, 6.45) is 0. The molecule has 5 heteroatoms. The van der Waals surface area contributed by atoms with Crippen LogP contribution in [0.15, 0.2) is 59.5 Å². The molecule has 1 aromatic heterocycles. The topological polar surface area (TPSA) is 20.3 Å². The van der Waals surface area contributed by atoms with Crippen LogP contribution in [0.1, 0.15) is 4.88 Å². The smallest absolute Gasteiger partial charge is 0.233 e. The SMILES string of the molecule is CN(Cc1ccc(Cl)s1)C(=O)CSc1ccc2ccccc2c1. The summed E-state index contributed by atoms with van der Waals surface area (Å²) in [7, 11) is 1.83. The van der Waals surface area contributed by atoms with Crippen LogP contribution >= 0.6 is 34.7 Å². The van der Waals surface area contributed by atoms with Crippen molar-refractivity contribution in [2.45, 2.75) is 11.4 Å². The van der Waals surface area contributed by atoms with Crippen LogP contribution in [0.2, 0.25) is 4.34 Å². The Morgan fingerprint density at radius 3 is 2.65 bits per heavy atom. The molecule has 1 amide bonds. The largest absolute Gasteiger partial charge is 0.340 e. The van der Waals surface area contributed by atoms with Crippen LogP contribution in [0.25, 0.3) is 10.8 Å². The first-order valence-corrected chi connectivity index (χ1v) is 9.39. The summed E-state index contributed by atoms with van der Waals surface area (Å²) in [6, 6.07) is 18.4. The Kier molecular flexibility index (Phi) is 5.26. The summed E-state index contributed by atoms with van der Waals surface area (Å²) >= 11 is 9.01. The number of carbonyl (C=O) groups is 1. The Hall–Kier alpha value is -1.49. The second-order valence-electron chi connectivity index (χ2n) is 5.25. The third-order valence-corrected chi connectivity index (χ3v) is 5.73. The highest BCUT2D eigenvalue weighted by Gasteiger charge is 2.11. The maximum Gasteiger partial charge on any atom is 0.233 e. The van der Waals surface area contributed by atoms with E-state index >= 15 is 0 Å². The lowest BCUT2D eigenvalue weighted by Gasteiger charge is -2.16. The molecule has 0 saturated heterocycles. The number of nitrogens with zero attached hydrogens (tertiary/aromatic N) is 1. The van der Waals surface area contributed by atoms with Crippen molar-refractivity contribution >= 4 is 51.4 Å². The highest BCUT2D eigenvalue weighted by molar-refractivity contribution is 8.00. The van der Waals surface area contributed by atoms with Gasteiger partial charge in [0.05, 0.1) is 16.6 Å². The van der Waals surface area contributed by atoms with Gasteiger partial charge in [-0.3, -0.25) is 4.79 Å². The third kappa shape index (κ3) is 4.28. The highest BCUT2D eigenvalue weighted by Crippen LogP contribution is 2.25. The van der Waals surface area contributed by atoms with Crippen molar-refractivity contribution in [3.05, 3.63) is 63.8 Å². The van der Waals surface area contributed by atoms with Crippen molar-refractivity contribution in [3.63, 3.8) is 0 Å². The van der Waals surface area contributed by atoms with E-state index < -0.39 is 0 Å². The van der Waals surface area contributed by atoms with Crippen molar-refractivity contribution in [2.75, 3.05) is 12.8 Å². The average molecular weight is 362 g/mol. The Labute approximate surface area is 149 Å². The molecule has 0 saturated carbocycles. The van der Waals surface area contributed by atoms with Gasteiger partial charge in [-0.15, -0.1) is 23.1 Å². The van der Waals surface area contributed by atoms with Gasteiger partial charge in [0, 0.05) is 16.8 Å². The molecule has 118 valence electrons. The summed E-state index contributed by atoms with van der Waals surface area (Å²) in [5.74, 6) is 0.557. The number of hydrogen-bond donors (Lipinski definition) is 0. The molecule has 0 aliphatic carbocycles. The number of amides is 1. The number of thioether (sulfide) groups is 1. The first kappa shape index (κ1) is 16.4. The van der Waals surface area contributed by atoms with Gasteiger partial charge in [0.2, 0.25) is 5.91 Å². The van der Waals surface area contributed by atoms with E-state index in [0.717, 1.165) is 14.1 Å². The van der Waals surface area contributed by atoms with Gasteiger partial charge in [0.25, 0.3) is 0 Å². The van der Waals surface area contributed by atoms with Crippen molar-refractivity contribution in [2.24, 2.45) is 0 Å². The van der Waals surface area contributed by atoms with E-state index in [-0.39, 0.29) is 5.91 Å². The Balaban J connectivity index is 1.58. The molecule has 0 aliphatic rings. The Morgan fingerprint density at radius 1 is 1.13 bits per heavy atom. The lowest BCUT2D eigenvalue weighted by atomic mass is 10.1. The zero-order valence-electron chi connectivity index (χ0n) is 12.7. The van der Waals surface area contributed by atoms with Crippen LogP contribution in [-0.2, 0) is 11.3 Å². The van der Waals surface area contributed by atoms with Crippen LogP contribution in [0, 0.1) is 0 Å². The van der Waals surface area contributed by atoms with E-state index in [1.54, 1.807) is 16.7 Å². The van der Waals surface area contributed by atoms with Gasteiger partial charge in [0.15, 0.2) is 0 Å². The van der Waals surface area contributed by atoms with Crippen LogP contribution in [0.5, 0.6) is 0 Å². The summed E-state index contributed by atoms with van der Waals surface area (Å²) < 4.78 is 0.756. The van der Waals surface area contributed by atoms with E-state index in [9.17, 15) is 4.79 Å². The minimum atomic E-state index is 0.118. The normalized spacial score (nSPS) is 10.9. The molecule has 0 radical (unpaired) electrons. The monoisotopic (exact) mass is 361 g/mol. The molecule has 3 aromatic rings. The van der Waals surface area contributed by atoms with E-state index in [1.807, 2.05) is 31.3 Å². The molecule has 2 nitrogen and oxygen atoms in total. The van der Waals surface area contributed by atoms with Crippen LogP contribution in [0.4, 0.5) is 0 Å². The van der Waals surface area contributed by atoms with E-state index in [0.29, 0.717) is 12.3 Å². The zero-order chi connectivity index (χ0) is 16.2. The minimum Gasteiger partial charge on any atom is -0.340 e. The first-order valence-electron chi connectivity index (χ1n) is 7.21. The third-order valence-electron chi connectivity index (χ3n) is 3.53. The molecular weight excluding hydrogens is 346 g/mol. The minimum absolute atomic E-state index is 0.118. The Bertz CT molecular complexity index is 831. The summed E-state index contributed by atoms with van der Waals surface area (Å²) in [5.41, 5.74) is 0. The second kappa shape index (κ2) is 7.39. The van der Waals surface area contributed by atoms with Gasteiger partial charge in [-0.2, -0.15) is 0 Å². The summed E-state index contributed by atoms with van der Waals surface area (Å²) in [5, 5.41) is 2.42. The number of hydrogen-bond acceptors (Lipinski definition) is 3. The number of thiophene rings is 1. The van der Waals surface area contributed by atoms with E-state index in [2.05, 4.69) is 30.3 Å². The fraction of sp³-hybridized carbons (Fsp3) is 0.167. The fourth-order valence-corrected chi connectivity index (χ4v) is 4.30. The van der Waals surface area contributed by atoms with Gasteiger partial charge >= 0.3 is 0 Å². The molecule has 0 unspecified atom stereocenters. The zero-order valence-corrected chi connectivity index (χ0v) is 15.0. The van der Waals surface area contributed by atoms with Crippen LogP contribution < -0.4 is 0 Å². The van der Waals surface area contributed by atoms with Crippen molar-refractivity contribution < 1.29 is 4.79 Å². The summed E-state index contributed by atoms with van der Waals surface area (Å²) in [6.45, 7) is 0.606. The molecule has 0 bridgehead atoms. The molecule has 0 atom stereocenters. The van der Waals surface area contributed by atoms with Crippen molar-refractivity contribution in [3.8, 4) is 0 Å². The molecule has 0 spiro atoms. The molecule has 2 aromatic carbocycles. The highest BCUT2D eigenvalue weighted by atomic mass is 35.5. The quantitative estimate of drug-likeness (QED) is 0.574. The fourth-order valence-electron chi connectivity index (χ4n) is 2.27. The van der Waals surface area contributed by atoms with E-state index in [4.69, 9.17) is 11.6 Å². The maximum atomic E-state index is 12.3. The average Bonchev–Trinajstić information content (AvgIpc) is 2.97. The second-order valence-corrected chi connectivity index (χ2v) is 8.10. The molecule has 0 fully saturated rings. The lowest BCUT2D eigenvalue weighted by Crippen LogP contribution is -2.27. The van der Waals surface area contributed by atoms with Crippen molar-refractivity contribution in [1.82, 2.24) is 4.90 Å². The van der Waals surface area contributed by atoms with Gasteiger partial charge in [-0.1, -0.05) is 41.9 Å². The molecule has 0 aliphatic heterocycles. The molecule has 1 heterocycles. The predicted molar refractivity (Wildman–Crippen MR) is 100 cm³/mol. The number of halogens is 1. The Morgan fingerprint density at radius 2 is 1.91 bits per heavy atom. The van der Waals surface area contributed by atoms with Gasteiger partial charge in [-0.05, 0) is 35.0 Å². The van der Waals surface area contributed by atoms with Gasteiger partial charge in [-0.25, -0.2) is 0 Å². The maximum absolute atomic E-state index is 12.3. The van der Waals surface area contributed by atoms with Crippen molar-refractivity contribution in [1.29, 1.82) is 0 Å². The molecule has 23 heavy (non-hydrogen) atoms. The first-order chi connectivity index (χ1) is 11.1. The van der Waals surface area contributed by atoms with Gasteiger partial charge in [0.1, 0.15) is 0 Å². The molecule has 3 rings (SSSR count). The van der Waals surface area contributed by atoms with Crippen LogP contribution in [-0.4, -0.2) is 23.6 Å². The van der Waals surface area contributed by atoms with E-state index in [1.165, 1.54) is 22.1 Å². The lowest BCUT2D eigenvalue weighted by molar-refractivity contribution is -0.127. The molecular formula is C18H16ClNOS2. The number of carbonyl (C=O) groups excluding carboxylic acids is 1. The predicted octanol–water partition coefficient (Wildman–Crippen LogP) is 5.31. The van der Waals surface area contributed by atoms with Gasteiger partial charge < -0.3 is 4.90 Å². The number of fused-ring (bicyclic) bond motifs is 1. The van der Waals surface area contributed by atoms with Crippen LogP contribution in [0.3, 0.4) is 0 Å². The number of benzene rings is 2.